The van der Waals surface area contributed by atoms with Crippen LogP contribution in [0.2, 0.25) is 10.0 Å². The molecule has 96 valence electrons. The van der Waals surface area contributed by atoms with E-state index in [0.717, 1.165) is 23.4 Å². The van der Waals surface area contributed by atoms with Crippen molar-refractivity contribution >= 4 is 23.2 Å². The molecule has 0 aliphatic heterocycles. The van der Waals surface area contributed by atoms with Crippen molar-refractivity contribution < 1.29 is 0 Å². The molecule has 1 atom stereocenters. The van der Waals surface area contributed by atoms with Gasteiger partial charge in [0.25, 0.3) is 0 Å². The number of hydrogen-bond donors (Lipinski definition) is 1. The average Bonchev–Trinajstić information content (AvgIpc) is 2.73. The van der Waals surface area contributed by atoms with Crippen molar-refractivity contribution in [2.75, 3.05) is 0 Å². The van der Waals surface area contributed by atoms with Gasteiger partial charge in [-0.15, -0.1) is 0 Å². The van der Waals surface area contributed by atoms with E-state index in [4.69, 9.17) is 28.9 Å². The summed E-state index contributed by atoms with van der Waals surface area (Å²) in [7, 11) is 1.88. The molecule has 1 aromatic carbocycles. The first-order valence-electron chi connectivity index (χ1n) is 5.76. The number of halogens is 2. The lowest BCUT2D eigenvalue weighted by Crippen LogP contribution is -2.16. The summed E-state index contributed by atoms with van der Waals surface area (Å²) >= 11 is 12.1. The molecule has 0 saturated heterocycles. The van der Waals surface area contributed by atoms with Gasteiger partial charge in [0.15, 0.2) is 0 Å². The minimum atomic E-state index is -0.325. The maximum atomic E-state index is 6.25. The van der Waals surface area contributed by atoms with E-state index >= 15 is 0 Å². The molecule has 0 aliphatic rings. The Morgan fingerprint density at radius 2 is 2.06 bits per heavy atom. The van der Waals surface area contributed by atoms with E-state index in [9.17, 15) is 0 Å². The molecule has 1 heterocycles. The quantitative estimate of drug-likeness (QED) is 0.939. The van der Waals surface area contributed by atoms with Crippen molar-refractivity contribution in [3.05, 3.63) is 51.3 Å². The van der Waals surface area contributed by atoms with Crippen molar-refractivity contribution in [3.8, 4) is 0 Å². The van der Waals surface area contributed by atoms with E-state index < -0.39 is 0 Å². The van der Waals surface area contributed by atoms with Gasteiger partial charge >= 0.3 is 0 Å². The van der Waals surface area contributed by atoms with Crippen LogP contribution >= 0.6 is 23.2 Å². The Balaban J connectivity index is 2.43. The Hall–Kier alpha value is -1.03. The van der Waals surface area contributed by atoms with Gasteiger partial charge in [-0.05, 0) is 36.2 Å². The summed E-state index contributed by atoms with van der Waals surface area (Å²) in [4.78, 5) is 0. The van der Waals surface area contributed by atoms with Gasteiger partial charge in [-0.3, -0.25) is 4.68 Å². The van der Waals surface area contributed by atoms with Gasteiger partial charge < -0.3 is 5.73 Å². The summed E-state index contributed by atoms with van der Waals surface area (Å²) in [6.07, 6.45) is 0.879. The number of aryl methyl sites for hydroxylation is 2. The molecule has 18 heavy (non-hydrogen) atoms. The molecular weight excluding hydrogens is 269 g/mol. The summed E-state index contributed by atoms with van der Waals surface area (Å²) in [6, 6.07) is 6.99. The molecule has 5 heteroatoms. The van der Waals surface area contributed by atoms with E-state index in [-0.39, 0.29) is 6.04 Å². The number of benzene rings is 1. The van der Waals surface area contributed by atoms with Crippen LogP contribution in [0, 0.1) is 0 Å². The summed E-state index contributed by atoms with van der Waals surface area (Å²) in [5.74, 6) is 0. The molecule has 0 spiro atoms. The van der Waals surface area contributed by atoms with E-state index in [1.54, 1.807) is 22.9 Å². The highest BCUT2D eigenvalue weighted by molar-refractivity contribution is 6.33. The predicted octanol–water partition coefficient (Wildman–Crippen LogP) is 3.34. The first-order valence-corrected chi connectivity index (χ1v) is 6.52. The van der Waals surface area contributed by atoms with Gasteiger partial charge in [-0.2, -0.15) is 5.10 Å². The summed E-state index contributed by atoms with van der Waals surface area (Å²) < 4.78 is 1.79. The zero-order valence-corrected chi connectivity index (χ0v) is 11.8. The van der Waals surface area contributed by atoms with E-state index in [2.05, 4.69) is 12.0 Å². The smallest absolute Gasteiger partial charge is 0.0738 e. The second kappa shape index (κ2) is 5.31. The maximum absolute atomic E-state index is 6.25. The van der Waals surface area contributed by atoms with Crippen LogP contribution in [0.5, 0.6) is 0 Å². The molecule has 0 radical (unpaired) electrons. The average molecular weight is 284 g/mol. The highest BCUT2D eigenvalue weighted by Gasteiger charge is 2.17. The third-order valence-electron chi connectivity index (χ3n) is 2.94. The van der Waals surface area contributed by atoms with E-state index in [1.807, 2.05) is 13.1 Å². The Morgan fingerprint density at radius 3 is 2.67 bits per heavy atom. The van der Waals surface area contributed by atoms with Crippen LogP contribution in [0.25, 0.3) is 0 Å². The Kier molecular flexibility index (Phi) is 3.95. The number of hydrogen-bond acceptors (Lipinski definition) is 2. The Bertz CT molecular complexity index is 563. The second-order valence-electron chi connectivity index (χ2n) is 4.18. The minimum absolute atomic E-state index is 0.325. The maximum Gasteiger partial charge on any atom is 0.0738 e. The van der Waals surface area contributed by atoms with Crippen LogP contribution in [0.3, 0.4) is 0 Å². The SMILES string of the molecule is CCc1cc(C(N)c2cc(Cl)ccc2Cl)n(C)n1. The Labute approximate surface area is 117 Å². The standard InChI is InChI=1S/C13H15Cl2N3/c1-3-9-7-12(18(2)17-9)13(16)10-6-8(14)4-5-11(10)15/h4-7,13H,3,16H2,1-2H3. The molecule has 0 fully saturated rings. The number of nitrogens with zero attached hydrogens (tertiary/aromatic N) is 2. The highest BCUT2D eigenvalue weighted by atomic mass is 35.5. The van der Waals surface area contributed by atoms with Gasteiger partial charge in [0.2, 0.25) is 0 Å². The van der Waals surface area contributed by atoms with Crippen molar-refractivity contribution in [1.82, 2.24) is 9.78 Å². The van der Waals surface area contributed by atoms with Crippen LogP contribution < -0.4 is 5.73 Å². The first kappa shape index (κ1) is 13.4. The van der Waals surface area contributed by atoms with Gasteiger partial charge in [0.05, 0.1) is 17.4 Å². The summed E-state index contributed by atoms with van der Waals surface area (Å²) in [5.41, 5.74) is 9.01. The molecule has 0 saturated carbocycles. The fourth-order valence-electron chi connectivity index (χ4n) is 1.92. The Morgan fingerprint density at radius 1 is 1.33 bits per heavy atom. The zero-order chi connectivity index (χ0) is 13.3. The second-order valence-corrected chi connectivity index (χ2v) is 5.02. The van der Waals surface area contributed by atoms with Crippen molar-refractivity contribution in [3.63, 3.8) is 0 Å². The highest BCUT2D eigenvalue weighted by Crippen LogP contribution is 2.29. The van der Waals surface area contributed by atoms with Gasteiger partial charge in [0, 0.05) is 17.1 Å². The molecule has 3 nitrogen and oxygen atoms in total. The molecule has 0 bridgehead atoms. The van der Waals surface area contributed by atoms with Crippen LogP contribution in [0.4, 0.5) is 0 Å². The normalized spacial score (nSPS) is 12.7. The fraction of sp³-hybridized carbons (Fsp3) is 0.308. The van der Waals surface area contributed by atoms with Crippen LogP contribution in [0.1, 0.15) is 29.9 Å². The monoisotopic (exact) mass is 283 g/mol. The molecule has 2 N–H and O–H groups in total. The van der Waals surface area contributed by atoms with Crippen LogP contribution in [0.15, 0.2) is 24.3 Å². The fourth-order valence-corrected chi connectivity index (χ4v) is 2.34. The lowest BCUT2D eigenvalue weighted by Gasteiger charge is -2.14. The van der Waals surface area contributed by atoms with Crippen molar-refractivity contribution in [2.24, 2.45) is 12.8 Å². The topological polar surface area (TPSA) is 43.8 Å². The summed E-state index contributed by atoms with van der Waals surface area (Å²) in [6.45, 7) is 2.06. The third-order valence-corrected chi connectivity index (χ3v) is 3.52. The van der Waals surface area contributed by atoms with Gasteiger partial charge in [0.1, 0.15) is 0 Å². The van der Waals surface area contributed by atoms with Crippen molar-refractivity contribution in [2.45, 2.75) is 19.4 Å². The third kappa shape index (κ3) is 2.53. The molecule has 0 aliphatic carbocycles. The largest absolute Gasteiger partial charge is 0.319 e. The number of rotatable bonds is 3. The molecule has 1 unspecified atom stereocenters. The lowest BCUT2D eigenvalue weighted by molar-refractivity contribution is 0.666. The molecular formula is C13H15Cl2N3. The number of nitrogens with two attached hydrogens (primary N) is 1. The van der Waals surface area contributed by atoms with Crippen molar-refractivity contribution in [1.29, 1.82) is 0 Å². The lowest BCUT2D eigenvalue weighted by atomic mass is 10.0. The molecule has 2 rings (SSSR count). The number of aromatic nitrogens is 2. The molecule has 2 aromatic rings. The van der Waals surface area contributed by atoms with E-state index in [0.29, 0.717) is 10.0 Å². The summed E-state index contributed by atoms with van der Waals surface area (Å²) in [5, 5.41) is 5.63. The predicted molar refractivity (Wildman–Crippen MR) is 75.1 cm³/mol. The van der Waals surface area contributed by atoms with Gasteiger partial charge in [-0.25, -0.2) is 0 Å². The minimum Gasteiger partial charge on any atom is -0.319 e. The van der Waals surface area contributed by atoms with Crippen LogP contribution in [-0.4, -0.2) is 9.78 Å². The van der Waals surface area contributed by atoms with E-state index in [1.165, 1.54) is 0 Å². The zero-order valence-electron chi connectivity index (χ0n) is 10.3. The molecule has 1 aromatic heterocycles. The molecule has 0 amide bonds. The van der Waals surface area contributed by atoms with Crippen LogP contribution in [-0.2, 0) is 13.5 Å². The van der Waals surface area contributed by atoms with Gasteiger partial charge in [-0.1, -0.05) is 30.1 Å². The first-order chi connectivity index (χ1) is 8.52.